The molecular formula is C10H12BrNO6S. The molecule has 9 heteroatoms. The van der Waals surface area contributed by atoms with E-state index in [-0.39, 0.29) is 4.90 Å². The van der Waals surface area contributed by atoms with E-state index in [0.717, 1.165) is 0 Å². The number of carboxylic acids is 1. The molecule has 3 N–H and O–H groups in total. The second kappa shape index (κ2) is 6.33. The number of rotatable bonds is 6. The van der Waals surface area contributed by atoms with Crippen molar-refractivity contribution in [3.05, 3.63) is 22.7 Å². The Balaban J connectivity index is 2.89. The minimum absolute atomic E-state index is 0.0715. The molecule has 0 radical (unpaired) electrons. The third kappa shape index (κ3) is 4.16. The maximum Gasteiger partial charge on any atom is 0.333 e. The normalized spacial score (nSPS) is 13.0. The highest BCUT2D eigenvalue weighted by Gasteiger charge is 2.20. The number of sulfonamides is 1. The topological polar surface area (TPSA) is 113 Å². The van der Waals surface area contributed by atoms with Crippen LogP contribution in [0.2, 0.25) is 0 Å². The molecule has 0 saturated carbocycles. The molecular weight excluding hydrogens is 342 g/mol. The Hall–Kier alpha value is -1.16. The molecule has 1 aromatic rings. The zero-order chi connectivity index (χ0) is 14.6. The van der Waals surface area contributed by atoms with Crippen LogP contribution in [0.4, 0.5) is 0 Å². The Bertz CT molecular complexity index is 573. The number of aliphatic hydroxyl groups excluding tert-OH is 1. The summed E-state index contributed by atoms with van der Waals surface area (Å²) >= 11 is 3.14. The monoisotopic (exact) mass is 353 g/mol. The summed E-state index contributed by atoms with van der Waals surface area (Å²) in [6.07, 6.45) is -1.79. The van der Waals surface area contributed by atoms with Crippen LogP contribution in [0.1, 0.15) is 0 Å². The standard InChI is InChI=1S/C10H12BrNO6S/c1-18-9-3-2-6(4-7(9)11)19(16,17)12-5-8(13)10(14)15/h2-4,8,12-13H,5H2,1H3,(H,14,15)/t8-/m0/s1. The second-order valence-electron chi connectivity index (χ2n) is 3.50. The van der Waals surface area contributed by atoms with Crippen LogP contribution in [0.5, 0.6) is 5.75 Å². The lowest BCUT2D eigenvalue weighted by Crippen LogP contribution is -2.36. The molecule has 0 fully saturated rings. The highest BCUT2D eigenvalue weighted by molar-refractivity contribution is 9.10. The van der Waals surface area contributed by atoms with Crippen molar-refractivity contribution in [2.24, 2.45) is 0 Å². The van der Waals surface area contributed by atoms with E-state index in [4.69, 9.17) is 14.9 Å². The van der Waals surface area contributed by atoms with Gasteiger partial charge in [0.15, 0.2) is 6.10 Å². The van der Waals surface area contributed by atoms with Crippen molar-refractivity contribution in [1.82, 2.24) is 4.72 Å². The molecule has 0 aliphatic rings. The molecule has 0 saturated heterocycles. The van der Waals surface area contributed by atoms with Crippen LogP contribution in [-0.4, -0.2) is 44.4 Å². The largest absolute Gasteiger partial charge is 0.496 e. The third-order valence-electron chi connectivity index (χ3n) is 2.19. The van der Waals surface area contributed by atoms with Crippen molar-refractivity contribution in [3.8, 4) is 5.75 Å². The molecule has 0 amide bonds. The maximum atomic E-state index is 11.8. The van der Waals surface area contributed by atoms with E-state index < -0.39 is 28.6 Å². The lowest BCUT2D eigenvalue weighted by molar-refractivity contribution is -0.146. The van der Waals surface area contributed by atoms with E-state index >= 15 is 0 Å². The fourth-order valence-electron chi connectivity index (χ4n) is 1.17. The van der Waals surface area contributed by atoms with Gasteiger partial charge in [-0.15, -0.1) is 0 Å². The van der Waals surface area contributed by atoms with Gasteiger partial charge < -0.3 is 14.9 Å². The van der Waals surface area contributed by atoms with Crippen molar-refractivity contribution in [1.29, 1.82) is 0 Å². The number of hydrogen-bond acceptors (Lipinski definition) is 5. The molecule has 0 aliphatic carbocycles. The highest BCUT2D eigenvalue weighted by Crippen LogP contribution is 2.27. The Labute approximate surface area is 118 Å². The molecule has 1 atom stereocenters. The molecule has 0 heterocycles. The number of benzene rings is 1. The van der Waals surface area contributed by atoms with Gasteiger partial charge in [0.25, 0.3) is 0 Å². The molecule has 7 nitrogen and oxygen atoms in total. The van der Waals surface area contributed by atoms with Gasteiger partial charge in [0.2, 0.25) is 10.0 Å². The van der Waals surface area contributed by atoms with Crippen molar-refractivity contribution in [2.75, 3.05) is 13.7 Å². The van der Waals surface area contributed by atoms with Crippen molar-refractivity contribution >= 4 is 31.9 Å². The SMILES string of the molecule is COc1ccc(S(=O)(=O)NC[C@H](O)C(=O)O)cc1Br. The summed E-state index contributed by atoms with van der Waals surface area (Å²) in [4.78, 5) is 10.3. The zero-order valence-corrected chi connectivity index (χ0v) is 12.2. The number of methoxy groups -OCH3 is 1. The first kappa shape index (κ1) is 15.9. The number of aliphatic hydroxyl groups is 1. The lowest BCUT2D eigenvalue weighted by atomic mass is 10.3. The maximum absolute atomic E-state index is 11.8. The Morgan fingerprint density at radius 2 is 2.16 bits per heavy atom. The summed E-state index contributed by atoms with van der Waals surface area (Å²) in [6, 6.07) is 4.07. The van der Waals surface area contributed by atoms with Gasteiger partial charge in [0.05, 0.1) is 16.5 Å². The summed E-state index contributed by atoms with van der Waals surface area (Å²) < 4.78 is 31.1. The Morgan fingerprint density at radius 1 is 1.53 bits per heavy atom. The van der Waals surface area contributed by atoms with E-state index in [0.29, 0.717) is 10.2 Å². The van der Waals surface area contributed by atoms with E-state index in [1.165, 1.54) is 25.3 Å². The van der Waals surface area contributed by atoms with Gasteiger partial charge in [-0.1, -0.05) is 0 Å². The predicted octanol–water partition coefficient (Wildman–Crippen LogP) is 0.182. The van der Waals surface area contributed by atoms with Gasteiger partial charge in [0, 0.05) is 6.54 Å². The van der Waals surface area contributed by atoms with E-state index in [1.54, 1.807) is 0 Å². The first-order valence-corrected chi connectivity index (χ1v) is 7.29. The van der Waals surface area contributed by atoms with Crippen molar-refractivity contribution < 1.29 is 28.2 Å². The van der Waals surface area contributed by atoms with E-state index in [2.05, 4.69) is 15.9 Å². The fraction of sp³-hybridized carbons (Fsp3) is 0.300. The van der Waals surface area contributed by atoms with Crippen LogP contribution in [0.25, 0.3) is 0 Å². The molecule has 1 rings (SSSR count). The Kier molecular flexibility index (Phi) is 5.29. The summed E-state index contributed by atoms with van der Waals surface area (Å²) in [5, 5.41) is 17.5. The summed E-state index contributed by atoms with van der Waals surface area (Å²) in [7, 11) is -2.46. The van der Waals surface area contributed by atoms with Crippen LogP contribution in [0.15, 0.2) is 27.6 Å². The number of carbonyl (C=O) groups is 1. The fourth-order valence-corrected chi connectivity index (χ4v) is 2.93. The molecule has 0 bridgehead atoms. The predicted molar refractivity (Wildman–Crippen MR) is 69.5 cm³/mol. The Morgan fingerprint density at radius 3 is 2.63 bits per heavy atom. The van der Waals surface area contributed by atoms with Gasteiger partial charge in [-0.25, -0.2) is 17.9 Å². The first-order valence-electron chi connectivity index (χ1n) is 5.02. The molecule has 0 spiro atoms. The number of ether oxygens (including phenoxy) is 1. The van der Waals surface area contributed by atoms with Crippen LogP contribution in [0.3, 0.4) is 0 Å². The quantitative estimate of drug-likeness (QED) is 0.672. The highest BCUT2D eigenvalue weighted by atomic mass is 79.9. The number of nitrogens with one attached hydrogen (secondary N) is 1. The lowest BCUT2D eigenvalue weighted by Gasteiger charge is -2.10. The zero-order valence-electron chi connectivity index (χ0n) is 9.83. The average molecular weight is 354 g/mol. The number of aliphatic carboxylic acids is 1. The average Bonchev–Trinajstić information content (AvgIpc) is 2.35. The minimum atomic E-state index is -3.90. The van der Waals surface area contributed by atoms with Crippen molar-refractivity contribution in [3.63, 3.8) is 0 Å². The second-order valence-corrected chi connectivity index (χ2v) is 6.12. The number of carboxylic acid groups (broad SMARTS) is 1. The number of hydrogen-bond donors (Lipinski definition) is 3. The number of halogens is 1. The van der Waals surface area contributed by atoms with Gasteiger partial charge in [0.1, 0.15) is 5.75 Å². The van der Waals surface area contributed by atoms with Crippen LogP contribution in [-0.2, 0) is 14.8 Å². The van der Waals surface area contributed by atoms with Gasteiger partial charge >= 0.3 is 5.97 Å². The molecule has 0 aromatic heterocycles. The molecule has 1 aromatic carbocycles. The van der Waals surface area contributed by atoms with Gasteiger partial charge in [-0.3, -0.25) is 0 Å². The van der Waals surface area contributed by atoms with Crippen LogP contribution < -0.4 is 9.46 Å². The summed E-state index contributed by atoms with van der Waals surface area (Å²) in [6.45, 7) is -0.610. The van der Waals surface area contributed by atoms with Crippen LogP contribution in [0, 0.1) is 0 Å². The molecule has 0 unspecified atom stereocenters. The first-order chi connectivity index (χ1) is 8.77. The molecule has 19 heavy (non-hydrogen) atoms. The minimum Gasteiger partial charge on any atom is -0.496 e. The van der Waals surface area contributed by atoms with E-state index in [9.17, 15) is 13.2 Å². The van der Waals surface area contributed by atoms with E-state index in [1.807, 2.05) is 4.72 Å². The van der Waals surface area contributed by atoms with Crippen LogP contribution >= 0.6 is 15.9 Å². The van der Waals surface area contributed by atoms with Crippen molar-refractivity contribution in [2.45, 2.75) is 11.0 Å². The van der Waals surface area contributed by atoms with Gasteiger partial charge in [-0.05, 0) is 34.1 Å². The molecule has 0 aliphatic heterocycles. The van der Waals surface area contributed by atoms with Gasteiger partial charge in [-0.2, -0.15) is 0 Å². The summed E-state index contributed by atoms with van der Waals surface area (Å²) in [5.41, 5.74) is 0. The molecule has 106 valence electrons. The smallest absolute Gasteiger partial charge is 0.333 e. The summed E-state index contributed by atoms with van der Waals surface area (Å²) in [5.74, 6) is -1.04. The third-order valence-corrected chi connectivity index (χ3v) is 4.23.